The highest BCUT2D eigenvalue weighted by atomic mass is 16.7. The summed E-state index contributed by atoms with van der Waals surface area (Å²) in [5.74, 6) is 0.735. The second kappa shape index (κ2) is 6.56. The molecule has 0 aliphatic carbocycles. The normalized spacial score (nSPS) is 20.3. The fourth-order valence-corrected chi connectivity index (χ4v) is 3.28. The van der Waals surface area contributed by atoms with E-state index in [1.165, 1.54) is 7.11 Å². The van der Waals surface area contributed by atoms with Crippen LogP contribution in [0.2, 0.25) is 0 Å². The molecule has 8 nitrogen and oxygen atoms in total. The quantitative estimate of drug-likeness (QED) is 0.629. The van der Waals surface area contributed by atoms with Crippen LogP contribution in [0.15, 0.2) is 42.5 Å². The van der Waals surface area contributed by atoms with E-state index in [9.17, 15) is 14.4 Å². The fraction of sp³-hybridized carbons (Fsp3) is 0.250. The van der Waals surface area contributed by atoms with E-state index in [4.69, 9.17) is 14.2 Å². The first-order valence-corrected chi connectivity index (χ1v) is 8.64. The number of ketones is 1. The summed E-state index contributed by atoms with van der Waals surface area (Å²) in [6, 6.07) is 11.0. The number of hydrogen-bond acceptors (Lipinski definition) is 6. The number of amides is 3. The highest BCUT2D eigenvalue weighted by Gasteiger charge is 2.49. The highest BCUT2D eigenvalue weighted by Crippen LogP contribution is 2.37. The van der Waals surface area contributed by atoms with E-state index in [1.807, 2.05) is 0 Å². The smallest absolute Gasteiger partial charge is 0.325 e. The third-order valence-electron chi connectivity index (χ3n) is 4.92. The van der Waals surface area contributed by atoms with E-state index in [1.54, 1.807) is 49.4 Å². The number of carbonyl (C=O) groups excluding carboxylic acids is 3. The molecule has 2 aromatic carbocycles. The third-order valence-corrected chi connectivity index (χ3v) is 4.92. The molecule has 1 saturated heterocycles. The van der Waals surface area contributed by atoms with Gasteiger partial charge in [0.2, 0.25) is 6.79 Å². The van der Waals surface area contributed by atoms with Crippen molar-refractivity contribution in [1.82, 2.24) is 10.2 Å². The number of ether oxygens (including phenoxy) is 3. The van der Waals surface area contributed by atoms with Crippen molar-refractivity contribution in [3.8, 4) is 17.2 Å². The molecule has 1 N–H and O–H groups in total. The summed E-state index contributed by atoms with van der Waals surface area (Å²) in [5.41, 5.74) is -0.393. The molecule has 2 heterocycles. The predicted molar refractivity (Wildman–Crippen MR) is 97.5 cm³/mol. The summed E-state index contributed by atoms with van der Waals surface area (Å²) in [6.07, 6.45) is 0. The lowest BCUT2D eigenvalue weighted by atomic mass is 9.91. The number of fused-ring (bicyclic) bond motifs is 1. The summed E-state index contributed by atoms with van der Waals surface area (Å²) >= 11 is 0. The number of rotatable bonds is 5. The maximum atomic E-state index is 13.0. The minimum absolute atomic E-state index is 0.108. The van der Waals surface area contributed by atoms with Crippen LogP contribution < -0.4 is 19.5 Å². The van der Waals surface area contributed by atoms with Crippen molar-refractivity contribution in [2.45, 2.75) is 12.5 Å². The Balaban J connectivity index is 1.57. The van der Waals surface area contributed by atoms with E-state index in [-0.39, 0.29) is 19.1 Å². The maximum absolute atomic E-state index is 13.0. The number of methoxy groups -OCH3 is 1. The molecule has 4 rings (SSSR count). The second-order valence-electron chi connectivity index (χ2n) is 6.67. The first kappa shape index (κ1) is 17.8. The molecule has 2 aromatic rings. The Hall–Kier alpha value is -3.55. The van der Waals surface area contributed by atoms with Crippen LogP contribution in [0.5, 0.6) is 17.2 Å². The monoisotopic (exact) mass is 382 g/mol. The number of nitrogens with one attached hydrogen (secondary N) is 1. The van der Waals surface area contributed by atoms with Crippen LogP contribution in [0.4, 0.5) is 4.79 Å². The summed E-state index contributed by atoms with van der Waals surface area (Å²) in [5, 5.41) is 2.68. The zero-order valence-electron chi connectivity index (χ0n) is 15.4. The standard InChI is InChI=1S/C20H18N2O6/c1-20(13-6-7-16-17(9-13)28-11-27-16)18(24)22(19(25)21-20)10-15(23)12-4-3-5-14(8-12)26-2/h3-9H,10-11H2,1-2H3,(H,21,25)/t20-/m1/s1. The van der Waals surface area contributed by atoms with Gasteiger partial charge in [-0.15, -0.1) is 0 Å². The van der Waals surface area contributed by atoms with Gasteiger partial charge in [-0.1, -0.05) is 18.2 Å². The number of benzene rings is 2. The predicted octanol–water partition coefficient (Wildman–Crippen LogP) is 2.07. The molecule has 0 unspecified atom stereocenters. The van der Waals surface area contributed by atoms with Gasteiger partial charge in [0.25, 0.3) is 5.91 Å². The lowest BCUT2D eigenvalue weighted by molar-refractivity contribution is -0.130. The average molecular weight is 382 g/mol. The van der Waals surface area contributed by atoms with E-state index in [2.05, 4.69) is 5.32 Å². The van der Waals surface area contributed by atoms with Crippen molar-refractivity contribution in [2.24, 2.45) is 0 Å². The lowest BCUT2D eigenvalue weighted by Gasteiger charge is -2.22. The van der Waals surface area contributed by atoms with Gasteiger partial charge in [0.05, 0.1) is 13.7 Å². The number of imide groups is 1. The molecule has 0 saturated carbocycles. The molecule has 0 spiro atoms. The van der Waals surface area contributed by atoms with Gasteiger partial charge in [0.1, 0.15) is 11.3 Å². The van der Waals surface area contributed by atoms with Crippen LogP contribution in [0.1, 0.15) is 22.8 Å². The topological polar surface area (TPSA) is 94.2 Å². The van der Waals surface area contributed by atoms with Gasteiger partial charge in [-0.05, 0) is 36.8 Å². The summed E-state index contributed by atoms with van der Waals surface area (Å²) in [6.45, 7) is 1.34. The summed E-state index contributed by atoms with van der Waals surface area (Å²) < 4.78 is 15.7. The van der Waals surface area contributed by atoms with E-state index >= 15 is 0 Å². The zero-order valence-corrected chi connectivity index (χ0v) is 15.4. The molecular formula is C20H18N2O6. The van der Waals surface area contributed by atoms with Crippen molar-refractivity contribution in [3.05, 3.63) is 53.6 Å². The Morgan fingerprint density at radius 3 is 2.75 bits per heavy atom. The zero-order chi connectivity index (χ0) is 19.9. The molecule has 0 bridgehead atoms. The van der Waals surface area contributed by atoms with Crippen LogP contribution in [0.3, 0.4) is 0 Å². The molecule has 144 valence electrons. The molecule has 2 aliphatic heterocycles. The Labute approximate surface area is 161 Å². The summed E-state index contributed by atoms with van der Waals surface area (Å²) in [7, 11) is 1.50. The van der Waals surface area contributed by atoms with Crippen molar-refractivity contribution in [2.75, 3.05) is 20.4 Å². The molecule has 1 atom stereocenters. The minimum Gasteiger partial charge on any atom is -0.497 e. The van der Waals surface area contributed by atoms with Crippen LogP contribution in [-0.2, 0) is 10.3 Å². The first-order chi connectivity index (χ1) is 13.4. The molecule has 3 amide bonds. The molecule has 28 heavy (non-hydrogen) atoms. The van der Waals surface area contributed by atoms with Crippen LogP contribution in [-0.4, -0.2) is 43.1 Å². The number of hydrogen-bond donors (Lipinski definition) is 1. The average Bonchev–Trinajstić information content (AvgIpc) is 3.26. The third kappa shape index (κ3) is 2.83. The van der Waals surface area contributed by atoms with E-state index in [0.717, 1.165) is 4.90 Å². The number of Topliss-reactive ketones (excluding diaryl/α,β-unsaturated/α-hetero) is 1. The van der Waals surface area contributed by atoms with Crippen molar-refractivity contribution in [1.29, 1.82) is 0 Å². The van der Waals surface area contributed by atoms with Gasteiger partial charge in [0, 0.05) is 5.56 Å². The van der Waals surface area contributed by atoms with Gasteiger partial charge < -0.3 is 19.5 Å². The highest BCUT2D eigenvalue weighted by molar-refractivity contribution is 6.11. The van der Waals surface area contributed by atoms with E-state index < -0.39 is 17.5 Å². The van der Waals surface area contributed by atoms with Gasteiger partial charge in [0.15, 0.2) is 17.3 Å². The van der Waals surface area contributed by atoms with Crippen molar-refractivity contribution < 1.29 is 28.6 Å². The molecule has 0 aromatic heterocycles. The molecule has 2 aliphatic rings. The van der Waals surface area contributed by atoms with Crippen LogP contribution >= 0.6 is 0 Å². The van der Waals surface area contributed by atoms with E-state index in [0.29, 0.717) is 28.4 Å². The van der Waals surface area contributed by atoms with Crippen molar-refractivity contribution in [3.63, 3.8) is 0 Å². The first-order valence-electron chi connectivity index (χ1n) is 8.64. The SMILES string of the molecule is COc1cccc(C(=O)CN2C(=O)N[C@](C)(c3ccc4c(c3)OCO4)C2=O)c1. The van der Waals surface area contributed by atoms with Crippen molar-refractivity contribution >= 4 is 17.7 Å². The molecular weight excluding hydrogens is 364 g/mol. The van der Waals surface area contributed by atoms with Gasteiger partial charge in [-0.2, -0.15) is 0 Å². The van der Waals surface area contributed by atoms with Crippen LogP contribution in [0, 0.1) is 0 Å². The van der Waals surface area contributed by atoms with Crippen LogP contribution in [0.25, 0.3) is 0 Å². The second-order valence-corrected chi connectivity index (χ2v) is 6.67. The summed E-state index contributed by atoms with van der Waals surface area (Å²) in [4.78, 5) is 39.0. The van der Waals surface area contributed by atoms with Gasteiger partial charge in [-0.25, -0.2) is 4.79 Å². The Morgan fingerprint density at radius 2 is 1.96 bits per heavy atom. The Kier molecular flexibility index (Phi) is 4.18. The Bertz CT molecular complexity index is 988. The number of nitrogens with zero attached hydrogens (tertiary/aromatic N) is 1. The largest absolute Gasteiger partial charge is 0.497 e. The number of urea groups is 1. The number of carbonyl (C=O) groups is 3. The molecule has 1 fully saturated rings. The maximum Gasteiger partial charge on any atom is 0.325 e. The Morgan fingerprint density at radius 1 is 1.18 bits per heavy atom. The fourth-order valence-electron chi connectivity index (χ4n) is 3.28. The molecule has 8 heteroatoms. The molecule has 0 radical (unpaired) electrons. The van der Waals surface area contributed by atoms with Gasteiger partial charge >= 0.3 is 6.03 Å². The minimum atomic E-state index is -1.30. The lowest BCUT2D eigenvalue weighted by Crippen LogP contribution is -2.41. The van der Waals surface area contributed by atoms with Gasteiger partial charge in [-0.3, -0.25) is 14.5 Å².